The first-order valence-electron chi connectivity index (χ1n) is 13.1. The molecule has 0 unspecified atom stereocenters. The third-order valence-electron chi connectivity index (χ3n) is 3.80. The second-order valence-corrected chi connectivity index (χ2v) is 6.25. The first-order valence-corrected chi connectivity index (χ1v) is 8.95. The number of carbonyl (C=O) groups is 1. The predicted molar refractivity (Wildman–Crippen MR) is 117 cm³/mol. The van der Waals surface area contributed by atoms with Crippen molar-refractivity contribution in [1.82, 2.24) is 5.32 Å². The van der Waals surface area contributed by atoms with Crippen molar-refractivity contribution < 1.29 is 27.3 Å². The molecule has 3 aromatic carbocycles. The van der Waals surface area contributed by atoms with Crippen molar-refractivity contribution in [3.63, 3.8) is 0 Å². The standard InChI is InChI=1S/C23H23ClN2O3/c24-20-8-2-6-18(13-20)22(27)15-25-10-11-26-21-9-3-5-17(14-21)16-4-1-7-19(12-16)23(28)29/h1-9,12-14,22,25-27H,10-11,15H2,(H,28,29)/t22-/m1/s1/i1D,2D,4D,6D,7D,8D,12D,13D,22D. The summed E-state index contributed by atoms with van der Waals surface area (Å²) >= 11 is 5.86. The summed E-state index contributed by atoms with van der Waals surface area (Å²) in [7, 11) is 0. The highest BCUT2D eigenvalue weighted by Gasteiger charge is 2.07. The summed E-state index contributed by atoms with van der Waals surface area (Å²) in [6.07, 6.45) is -2.46. The number of halogens is 1. The zero-order chi connectivity index (χ0) is 28.5. The Morgan fingerprint density at radius 1 is 1.14 bits per heavy atom. The molecule has 0 aliphatic rings. The first-order chi connectivity index (χ1) is 17.7. The average Bonchev–Trinajstić information content (AvgIpc) is 2.85. The Bertz CT molecular complexity index is 1390. The van der Waals surface area contributed by atoms with E-state index in [2.05, 4.69) is 10.6 Å². The monoisotopic (exact) mass is 419 g/mol. The molecule has 3 rings (SSSR count). The molecule has 0 saturated carbocycles. The molecule has 29 heavy (non-hydrogen) atoms. The zero-order valence-electron chi connectivity index (χ0n) is 24.1. The van der Waals surface area contributed by atoms with Gasteiger partial charge in [0.25, 0.3) is 0 Å². The van der Waals surface area contributed by atoms with Crippen molar-refractivity contribution >= 4 is 23.3 Å². The lowest BCUT2D eigenvalue weighted by Crippen LogP contribution is -2.26. The van der Waals surface area contributed by atoms with Crippen molar-refractivity contribution in [3.05, 3.63) is 88.8 Å². The van der Waals surface area contributed by atoms with Gasteiger partial charge in [-0.15, -0.1) is 0 Å². The van der Waals surface area contributed by atoms with Crippen LogP contribution in [0.4, 0.5) is 5.69 Å². The molecule has 0 amide bonds. The lowest BCUT2D eigenvalue weighted by molar-refractivity contribution is 0.0697. The van der Waals surface area contributed by atoms with E-state index >= 15 is 0 Å². The van der Waals surface area contributed by atoms with Gasteiger partial charge in [-0.25, -0.2) is 4.79 Å². The van der Waals surface area contributed by atoms with Crippen molar-refractivity contribution in [2.45, 2.75) is 6.08 Å². The van der Waals surface area contributed by atoms with Crippen LogP contribution in [0.1, 0.15) is 34.3 Å². The third-order valence-corrected chi connectivity index (χ3v) is 3.99. The first kappa shape index (κ1) is 12.0. The molecule has 0 aromatic heterocycles. The Hall–Kier alpha value is -2.86. The molecule has 0 bridgehead atoms. The topological polar surface area (TPSA) is 81.6 Å². The highest BCUT2D eigenvalue weighted by molar-refractivity contribution is 6.30. The van der Waals surface area contributed by atoms with Crippen molar-refractivity contribution in [2.75, 3.05) is 25.0 Å². The van der Waals surface area contributed by atoms with Crippen LogP contribution in [0.15, 0.2) is 72.6 Å². The van der Waals surface area contributed by atoms with Crippen molar-refractivity contribution in [2.24, 2.45) is 0 Å². The number of carboxylic acid groups (broad SMARTS) is 1. The van der Waals surface area contributed by atoms with Crippen molar-refractivity contribution in [3.8, 4) is 11.1 Å². The maximum atomic E-state index is 11.5. The molecule has 150 valence electrons. The van der Waals surface area contributed by atoms with Crippen LogP contribution in [0.3, 0.4) is 0 Å². The van der Waals surface area contributed by atoms with Gasteiger partial charge in [-0.1, -0.05) is 47.9 Å². The van der Waals surface area contributed by atoms with E-state index in [1.807, 2.05) is 0 Å². The summed E-state index contributed by atoms with van der Waals surface area (Å²) in [6.45, 7) is 0.0487. The van der Waals surface area contributed by atoms with E-state index in [0.717, 1.165) is 0 Å². The van der Waals surface area contributed by atoms with Gasteiger partial charge in [0.15, 0.2) is 0 Å². The van der Waals surface area contributed by atoms with Crippen LogP contribution in [0, 0.1) is 0 Å². The number of anilines is 1. The van der Waals surface area contributed by atoms with E-state index in [1.165, 1.54) is 0 Å². The fraction of sp³-hybridized carbons (Fsp3) is 0.174. The predicted octanol–water partition coefficient (Wildman–Crippen LogP) is 4.44. The molecule has 0 radical (unpaired) electrons. The number of carboxylic acids is 1. The van der Waals surface area contributed by atoms with Crippen LogP contribution in [0.5, 0.6) is 0 Å². The SMILES string of the molecule is [2H]c1c([2H])c(C(=O)O)c([2H])c(-c2cccc(NCCNC[C@@]([2H])(O)c3c([2H])c([2H])c([2H])c(Cl)c3[2H])c2)c1[2H]. The molecule has 3 aromatic rings. The summed E-state index contributed by atoms with van der Waals surface area (Å²) in [5.74, 6) is -1.53. The van der Waals surface area contributed by atoms with Crippen LogP contribution in [-0.2, 0) is 0 Å². The average molecular weight is 420 g/mol. The van der Waals surface area contributed by atoms with Crippen LogP contribution in [0.2, 0.25) is 5.02 Å². The Balaban J connectivity index is 1.71. The smallest absolute Gasteiger partial charge is 0.335 e. The Labute approximate surface area is 187 Å². The van der Waals surface area contributed by atoms with Gasteiger partial charge in [-0.05, 0) is 53.0 Å². The van der Waals surface area contributed by atoms with Gasteiger partial charge in [-0.3, -0.25) is 0 Å². The van der Waals surface area contributed by atoms with E-state index < -0.39 is 83.1 Å². The fourth-order valence-corrected chi connectivity index (χ4v) is 2.58. The number of aromatic carboxylic acids is 1. The number of nitrogens with one attached hydrogen (secondary N) is 2. The minimum atomic E-state index is -2.46. The summed E-state index contributed by atoms with van der Waals surface area (Å²) < 4.78 is 71.6. The normalized spacial score (nSPS) is 17.2. The van der Waals surface area contributed by atoms with Gasteiger partial charge in [-0.2, -0.15) is 0 Å². The molecule has 6 heteroatoms. The molecule has 0 fully saturated rings. The fourth-order valence-electron chi connectivity index (χ4n) is 2.44. The van der Waals surface area contributed by atoms with Crippen LogP contribution < -0.4 is 10.6 Å². The van der Waals surface area contributed by atoms with E-state index in [9.17, 15) is 15.0 Å². The molecular formula is C23H23ClN2O3. The quantitative estimate of drug-likeness (QED) is 0.385. The Kier molecular flexibility index (Phi) is 4.16. The summed E-state index contributed by atoms with van der Waals surface area (Å²) in [6, 6.07) is 1.83. The molecular weight excluding hydrogens is 388 g/mol. The van der Waals surface area contributed by atoms with Crippen LogP contribution in [-0.4, -0.2) is 35.8 Å². The largest absolute Gasteiger partial charge is 0.478 e. The highest BCUT2D eigenvalue weighted by Crippen LogP contribution is 2.23. The second kappa shape index (κ2) is 10.1. The Morgan fingerprint density at radius 2 is 1.97 bits per heavy atom. The maximum Gasteiger partial charge on any atom is 0.335 e. The van der Waals surface area contributed by atoms with Gasteiger partial charge >= 0.3 is 5.97 Å². The molecule has 0 spiro atoms. The van der Waals surface area contributed by atoms with Gasteiger partial charge in [0.1, 0.15) is 0 Å². The van der Waals surface area contributed by atoms with E-state index in [-0.39, 0.29) is 18.7 Å². The minimum absolute atomic E-state index is 0.0898. The van der Waals surface area contributed by atoms with Crippen LogP contribution >= 0.6 is 11.6 Å². The number of aliphatic hydroxyl groups is 1. The summed E-state index contributed by atoms with van der Waals surface area (Å²) in [5.41, 5.74) is -0.396. The van der Waals surface area contributed by atoms with Crippen LogP contribution in [0.25, 0.3) is 11.1 Å². The number of rotatable bonds is 9. The molecule has 0 heterocycles. The van der Waals surface area contributed by atoms with E-state index in [1.54, 1.807) is 24.3 Å². The lowest BCUT2D eigenvalue weighted by Gasteiger charge is -2.13. The van der Waals surface area contributed by atoms with Gasteiger partial charge in [0, 0.05) is 30.3 Å². The van der Waals surface area contributed by atoms with E-state index in [0.29, 0.717) is 11.3 Å². The lowest BCUT2D eigenvalue weighted by atomic mass is 10.0. The molecule has 1 atom stereocenters. The number of hydrogen-bond donors (Lipinski definition) is 4. The molecule has 0 aliphatic carbocycles. The molecule has 0 aliphatic heterocycles. The maximum absolute atomic E-state index is 11.5. The third kappa shape index (κ3) is 6.06. The summed E-state index contributed by atoms with van der Waals surface area (Å²) in [5, 5.41) is 25.4. The number of benzene rings is 3. The minimum Gasteiger partial charge on any atom is -0.478 e. The molecule has 4 N–H and O–H groups in total. The molecule has 5 nitrogen and oxygen atoms in total. The highest BCUT2D eigenvalue weighted by atomic mass is 35.5. The van der Waals surface area contributed by atoms with Gasteiger partial charge < -0.3 is 20.8 Å². The second-order valence-electron chi connectivity index (χ2n) is 5.88. The Morgan fingerprint density at radius 3 is 2.79 bits per heavy atom. The number of hydrogen-bond acceptors (Lipinski definition) is 4. The van der Waals surface area contributed by atoms with Gasteiger partial charge in [0.05, 0.1) is 24.0 Å². The zero-order valence-corrected chi connectivity index (χ0v) is 15.9. The summed E-state index contributed by atoms with van der Waals surface area (Å²) in [4.78, 5) is 11.5. The van der Waals surface area contributed by atoms with Gasteiger partial charge in [0.2, 0.25) is 0 Å². The van der Waals surface area contributed by atoms with Crippen molar-refractivity contribution in [1.29, 1.82) is 0 Å². The molecule has 0 saturated heterocycles. The van der Waals surface area contributed by atoms with E-state index in [4.69, 9.17) is 23.9 Å².